The largest absolute Gasteiger partial charge is 0.355 e. The quantitative estimate of drug-likeness (QED) is 0.749. The zero-order valence-electron chi connectivity index (χ0n) is 11.5. The predicted molar refractivity (Wildman–Crippen MR) is 79.5 cm³/mol. The molecule has 2 rings (SSSR count). The van der Waals surface area contributed by atoms with Crippen molar-refractivity contribution in [2.75, 3.05) is 6.54 Å². The number of carbonyl (C=O) groups is 1. The van der Waals surface area contributed by atoms with E-state index >= 15 is 0 Å². The van der Waals surface area contributed by atoms with Crippen LogP contribution in [-0.2, 0) is 10.2 Å². The van der Waals surface area contributed by atoms with Crippen LogP contribution in [0.2, 0.25) is 5.02 Å². The van der Waals surface area contributed by atoms with Gasteiger partial charge < -0.3 is 5.32 Å². The molecule has 19 heavy (non-hydrogen) atoms. The molecule has 0 bridgehead atoms. The molecule has 1 amide bonds. The third-order valence-electron chi connectivity index (χ3n) is 3.89. The maximum absolute atomic E-state index is 12.3. The Hall–Kier alpha value is -1.02. The number of rotatable bonds is 7. The molecule has 1 saturated carbocycles. The molecule has 1 fully saturated rings. The lowest BCUT2D eigenvalue weighted by molar-refractivity contribution is -0.123. The molecular weight excluding hydrogens is 258 g/mol. The molecule has 0 unspecified atom stereocenters. The second-order valence-corrected chi connectivity index (χ2v) is 5.79. The molecule has 0 aromatic heterocycles. The van der Waals surface area contributed by atoms with Crippen molar-refractivity contribution in [2.45, 2.75) is 50.9 Å². The summed E-state index contributed by atoms with van der Waals surface area (Å²) in [4.78, 5) is 12.3. The highest BCUT2D eigenvalue weighted by molar-refractivity contribution is 6.31. The fourth-order valence-corrected chi connectivity index (χ4v) is 2.83. The minimum absolute atomic E-state index is 0.150. The van der Waals surface area contributed by atoms with Crippen LogP contribution in [0.1, 0.15) is 51.0 Å². The molecule has 0 spiro atoms. The van der Waals surface area contributed by atoms with Crippen molar-refractivity contribution in [3.63, 3.8) is 0 Å². The SMILES string of the molecule is CCCCCCNC(=O)C1(c2ccccc2Cl)CC1. The van der Waals surface area contributed by atoms with E-state index in [9.17, 15) is 4.79 Å². The minimum Gasteiger partial charge on any atom is -0.355 e. The zero-order chi connectivity index (χ0) is 13.7. The first-order valence-electron chi connectivity index (χ1n) is 7.24. The van der Waals surface area contributed by atoms with E-state index in [2.05, 4.69) is 12.2 Å². The second-order valence-electron chi connectivity index (χ2n) is 5.38. The van der Waals surface area contributed by atoms with Crippen LogP contribution in [0.5, 0.6) is 0 Å². The number of hydrogen-bond donors (Lipinski definition) is 1. The number of nitrogens with one attached hydrogen (secondary N) is 1. The van der Waals surface area contributed by atoms with Gasteiger partial charge in [-0.2, -0.15) is 0 Å². The van der Waals surface area contributed by atoms with E-state index in [0.717, 1.165) is 31.4 Å². The third-order valence-corrected chi connectivity index (χ3v) is 4.22. The van der Waals surface area contributed by atoms with Crippen molar-refractivity contribution >= 4 is 17.5 Å². The average Bonchev–Trinajstić information content (AvgIpc) is 3.20. The predicted octanol–water partition coefficient (Wildman–Crippen LogP) is 4.07. The molecule has 0 radical (unpaired) electrons. The van der Waals surface area contributed by atoms with Gasteiger partial charge in [-0.1, -0.05) is 56.0 Å². The topological polar surface area (TPSA) is 29.1 Å². The number of hydrogen-bond acceptors (Lipinski definition) is 1. The lowest BCUT2D eigenvalue weighted by Gasteiger charge is -2.17. The molecule has 1 N–H and O–H groups in total. The molecule has 0 aliphatic heterocycles. The first-order chi connectivity index (χ1) is 9.20. The standard InChI is InChI=1S/C16H22ClNO/c1-2-3-4-7-12-18-15(19)16(10-11-16)13-8-5-6-9-14(13)17/h5-6,8-9H,2-4,7,10-12H2,1H3,(H,18,19). The minimum atomic E-state index is -0.344. The van der Waals surface area contributed by atoms with Gasteiger partial charge in [-0.25, -0.2) is 0 Å². The van der Waals surface area contributed by atoms with Crippen molar-refractivity contribution in [2.24, 2.45) is 0 Å². The molecule has 2 nitrogen and oxygen atoms in total. The van der Waals surface area contributed by atoms with Gasteiger partial charge in [-0.15, -0.1) is 0 Å². The van der Waals surface area contributed by atoms with Crippen molar-refractivity contribution < 1.29 is 4.79 Å². The number of carbonyl (C=O) groups excluding carboxylic acids is 1. The smallest absolute Gasteiger partial charge is 0.230 e. The first-order valence-corrected chi connectivity index (χ1v) is 7.62. The summed E-state index contributed by atoms with van der Waals surface area (Å²) in [6.45, 7) is 2.97. The van der Waals surface area contributed by atoms with Crippen LogP contribution in [0.3, 0.4) is 0 Å². The normalized spacial score (nSPS) is 16.1. The Balaban J connectivity index is 1.90. The van der Waals surface area contributed by atoms with Crippen molar-refractivity contribution in [1.82, 2.24) is 5.32 Å². The van der Waals surface area contributed by atoms with Gasteiger partial charge in [0, 0.05) is 11.6 Å². The highest BCUT2D eigenvalue weighted by Gasteiger charge is 2.51. The number of benzene rings is 1. The van der Waals surface area contributed by atoms with E-state index in [-0.39, 0.29) is 11.3 Å². The van der Waals surface area contributed by atoms with E-state index in [1.54, 1.807) is 0 Å². The van der Waals surface area contributed by atoms with E-state index in [1.807, 2.05) is 24.3 Å². The second kappa shape index (κ2) is 6.42. The van der Waals surface area contributed by atoms with Gasteiger partial charge in [-0.3, -0.25) is 4.79 Å². The van der Waals surface area contributed by atoms with Crippen LogP contribution in [0, 0.1) is 0 Å². The van der Waals surface area contributed by atoms with Crippen LogP contribution in [0.25, 0.3) is 0 Å². The molecule has 104 valence electrons. The van der Waals surface area contributed by atoms with Crippen LogP contribution < -0.4 is 5.32 Å². The van der Waals surface area contributed by atoms with E-state index in [0.29, 0.717) is 5.02 Å². The number of unbranched alkanes of at least 4 members (excludes halogenated alkanes) is 3. The summed E-state index contributed by atoms with van der Waals surface area (Å²) in [7, 11) is 0. The van der Waals surface area contributed by atoms with Crippen LogP contribution in [0.15, 0.2) is 24.3 Å². The monoisotopic (exact) mass is 279 g/mol. The molecule has 0 atom stereocenters. The summed E-state index contributed by atoms with van der Waals surface area (Å²) >= 11 is 6.22. The summed E-state index contributed by atoms with van der Waals surface area (Å²) in [5.74, 6) is 0.150. The summed E-state index contributed by atoms with van der Waals surface area (Å²) in [6.07, 6.45) is 6.55. The molecule has 1 aliphatic carbocycles. The van der Waals surface area contributed by atoms with Gasteiger partial charge in [0.15, 0.2) is 0 Å². The average molecular weight is 280 g/mol. The zero-order valence-corrected chi connectivity index (χ0v) is 12.3. The van der Waals surface area contributed by atoms with Crippen LogP contribution >= 0.6 is 11.6 Å². The Labute approximate surface area is 120 Å². The van der Waals surface area contributed by atoms with Gasteiger partial charge in [0.2, 0.25) is 5.91 Å². The van der Waals surface area contributed by atoms with Gasteiger partial charge in [0.05, 0.1) is 5.41 Å². The van der Waals surface area contributed by atoms with Gasteiger partial charge >= 0.3 is 0 Å². The Morgan fingerprint density at radius 1 is 1.26 bits per heavy atom. The van der Waals surface area contributed by atoms with Crippen molar-refractivity contribution in [3.8, 4) is 0 Å². The van der Waals surface area contributed by atoms with E-state index in [1.165, 1.54) is 19.3 Å². The summed E-state index contributed by atoms with van der Waals surface area (Å²) in [5, 5.41) is 3.78. The molecule has 0 heterocycles. The first kappa shape index (κ1) is 14.4. The molecule has 0 saturated heterocycles. The number of halogens is 1. The fraction of sp³-hybridized carbons (Fsp3) is 0.562. The molecule has 1 aliphatic rings. The van der Waals surface area contributed by atoms with Gasteiger partial charge in [-0.05, 0) is 30.9 Å². The summed E-state index contributed by atoms with van der Waals surface area (Å²) in [5.41, 5.74) is 0.644. The maximum atomic E-state index is 12.3. The molecule has 1 aromatic carbocycles. The molecule has 1 aromatic rings. The van der Waals surface area contributed by atoms with Crippen LogP contribution in [-0.4, -0.2) is 12.5 Å². The summed E-state index contributed by atoms with van der Waals surface area (Å²) < 4.78 is 0. The lowest BCUT2D eigenvalue weighted by Crippen LogP contribution is -2.35. The fourth-order valence-electron chi connectivity index (χ4n) is 2.52. The lowest BCUT2D eigenvalue weighted by atomic mass is 9.95. The highest BCUT2D eigenvalue weighted by atomic mass is 35.5. The Kier molecular flexibility index (Phi) is 4.87. The van der Waals surface area contributed by atoms with Crippen molar-refractivity contribution in [1.29, 1.82) is 0 Å². The highest BCUT2D eigenvalue weighted by Crippen LogP contribution is 2.50. The Morgan fingerprint density at radius 3 is 2.63 bits per heavy atom. The maximum Gasteiger partial charge on any atom is 0.230 e. The summed E-state index contributed by atoms with van der Waals surface area (Å²) in [6, 6.07) is 7.71. The Morgan fingerprint density at radius 2 is 2.00 bits per heavy atom. The van der Waals surface area contributed by atoms with E-state index in [4.69, 9.17) is 11.6 Å². The van der Waals surface area contributed by atoms with E-state index < -0.39 is 0 Å². The Bertz CT molecular complexity index is 440. The van der Waals surface area contributed by atoms with Gasteiger partial charge in [0.25, 0.3) is 0 Å². The third kappa shape index (κ3) is 3.30. The van der Waals surface area contributed by atoms with Crippen LogP contribution in [0.4, 0.5) is 0 Å². The van der Waals surface area contributed by atoms with Gasteiger partial charge in [0.1, 0.15) is 0 Å². The number of amides is 1. The van der Waals surface area contributed by atoms with Crippen molar-refractivity contribution in [3.05, 3.63) is 34.9 Å². The molecule has 3 heteroatoms. The molecular formula is C16H22ClNO.